The lowest BCUT2D eigenvalue weighted by Gasteiger charge is -2.12. The van der Waals surface area contributed by atoms with E-state index in [1.165, 1.54) is 0 Å². The zero-order valence-corrected chi connectivity index (χ0v) is 18.6. The van der Waals surface area contributed by atoms with Crippen molar-refractivity contribution < 1.29 is 28.8 Å². The Morgan fingerprint density at radius 1 is 0.935 bits per heavy atom. The number of urea groups is 1. The van der Waals surface area contributed by atoms with Gasteiger partial charge in [-0.15, -0.1) is 5.06 Å². The minimum atomic E-state index is -0.780. The number of benzene rings is 1. The molecule has 1 aliphatic rings. The van der Waals surface area contributed by atoms with Crippen LogP contribution in [0.25, 0.3) is 0 Å². The van der Waals surface area contributed by atoms with E-state index in [-0.39, 0.29) is 31.6 Å². The van der Waals surface area contributed by atoms with Crippen LogP contribution in [0.2, 0.25) is 0 Å². The minimum absolute atomic E-state index is 0.00385. The number of hydrogen-bond acceptors (Lipinski definition) is 8. The SMILES string of the molecule is O=C(CCCNC(=O)NCCC(=O)ON1C(=O)CCC1=O)CCSSc1ccccc1. The van der Waals surface area contributed by atoms with E-state index in [2.05, 4.69) is 10.6 Å². The first kappa shape index (κ1) is 24.7. The number of Topliss-reactive ketones (excluding diaryl/α,β-unsaturated/α-hetero) is 1. The van der Waals surface area contributed by atoms with E-state index in [0.717, 1.165) is 10.6 Å². The molecule has 0 aliphatic carbocycles. The predicted octanol–water partition coefficient (Wildman–Crippen LogP) is 2.46. The first-order chi connectivity index (χ1) is 15.0. The summed E-state index contributed by atoms with van der Waals surface area (Å²) in [5.41, 5.74) is 0. The first-order valence-corrected chi connectivity index (χ1v) is 12.2. The molecule has 1 aromatic rings. The summed E-state index contributed by atoms with van der Waals surface area (Å²) in [7, 11) is 3.28. The molecule has 1 aromatic carbocycles. The van der Waals surface area contributed by atoms with Crippen LogP contribution < -0.4 is 10.6 Å². The van der Waals surface area contributed by atoms with Crippen molar-refractivity contribution in [2.24, 2.45) is 0 Å². The smallest absolute Gasteiger partial charge is 0.334 e. The van der Waals surface area contributed by atoms with Gasteiger partial charge in [-0.2, -0.15) is 0 Å². The Labute approximate surface area is 188 Å². The first-order valence-electron chi connectivity index (χ1n) is 9.90. The van der Waals surface area contributed by atoms with Crippen LogP contribution in [0.15, 0.2) is 35.2 Å². The molecule has 0 radical (unpaired) electrons. The van der Waals surface area contributed by atoms with Gasteiger partial charge in [-0.3, -0.25) is 14.4 Å². The Hall–Kier alpha value is -2.53. The Balaban J connectivity index is 1.44. The van der Waals surface area contributed by atoms with Gasteiger partial charge in [0.25, 0.3) is 11.8 Å². The number of carbonyl (C=O) groups is 5. The van der Waals surface area contributed by atoms with E-state index in [4.69, 9.17) is 4.84 Å². The highest BCUT2D eigenvalue weighted by Crippen LogP contribution is 2.31. The molecule has 1 saturated heterocycles. The Bertz CT molecular complexity index is 774. The van der Waals surface area contributed by atoms with Crippen molar-refractivity contribution >= 4 is 51.2 Å². The van der Waals surface area contributed by atoms with Crippen LogP contribution in [-0.4, -0.2) is 53.5 Å². The van der Waals surface area contributed by atoms with Gasteiger partial charge in [0.15, 0.2) is 0 Å². The van der Waals surface area contributed by atoms with E-state index in [1.54, 1.807) is 21.6 Å². The summed E-state index contributed by atoms with van der Waals surface area (Å²) < 4.78 is 0. The quantitative estimate of drug-likeness (QED) is 0.258. The van der Waals surface area contributed by atoms with Crippen molar-refractivity contribution in [3.8, 4) is 0 Å². The zero-order chi connectivity index (χ0) is 22.5. The Kier molecular flexibility index (Phi) is 10.9. The molecular weight excluding hydrogens is 442 g/mol. The summed E-state index contributed by atoms with van der Waals surface area (Å²) in [5.74, 6) is -0.994. The normalized spacial score (nSPS) is 13.2. The molecule has 0 saturated carbocycles. The second-order valence-electron chi connectivity index (χ2n) is 6.59. The molecule has 9 nitrogen and oxygen atoms in total. The van der Waals surface area contributed by atoms with E-state index in [1.807, 2.05) is 30.3 Å². The van der Waals surface area contributed by atoms with Gasteiger partial charge in [0.2, 0.25) is 0 Å². The molecule has 11 heteroatoms. The molecular formula is C20H25N3O6S2. The monoisotopic (exact) mass is 467 g/mol. The van der Waals surface area contributed by atoms with Gasteiger partial charge in [-0.1, -0.05) is 39.8 Å². The molecule has 1 aliphatic heterocycles. The lowest BCUT2D eigenvalue weighted by atomic mass is 10.2. The predicted molar refractivity (Wildman–Crippen MR) is 117 cm³/mol. The molecule has 1 heterocycles. The molecule has 31 heavy (non-hydrogen) atoms. The summed E-state index contributed by atoms with van der Waals surface area (Å²) in [6, 6.07) is 9.48. The van der Waals surface area contributed by atoms with E-state index in [9.17, 15) is 24.0 Å². The number of hydroxylamine groups is 2. The third kappa shape index (κ3) is 9.88. The largest absolute Gasteiger partial charge is 0.338 e. The Morgan fingerprint density at radius 3 is 2.32 bits per heavy atom. The van der Waals surface area contributed by atoms with Crippen molar-refractivity contribution in [3.05, 3.63) is 30.3 Å². The van der Waals surface area contributed by atoms with Gasteiger partial charge in [0, 0.05) is 49.4 Å². The van der Waals surface area contributed by atoms with Crippen LogP contribution >= 0.6 is 21.6 Å². The van der Waals surface area contributed by atoms with Gasteiger partial charge in [0.05, 0.1) is 6.42 Å². The fraction of sp³-hybridized carbons (Fsp3) is 0.450. The lowest BCUT2D eigenvalue weighted by Crippen LogP contribution is -2.38. The molecule has 0 aromatic heterocycles. The van der Waals surface area contributed by atoms with Crippen molar-refractivity contribution in [2.45, 2.75) is 43.4 Å². The standard InChI is InChI=1S/C20H25N3O6S2/c24-15(11-14-30-31-16-6-2-1-3-7-16)5-4-12-21-20(28)22-13-10-19(27)29-23-17(25)8-9-18(23)26/h1-3,6-7H,4-5,8-14H2,(H2,21,22,28). The van der Waals surface area contributed by atoms with Gasteiger partial charge in [-0.25, -0.2) is 9.59 Å². The van der Waals surface area contributed by atoms with Gasteiger partial charge < -0.3 is 15.5 Å². The summed E-state index contributed by atoms with van der Waals surface area (Å²) in [5, 5.41) is 5.55. The number of amides is 4. The highest BCUT2D eigenvalue weighted by Gasteiger charge is 2.32. The summed E-state index contributed by atoms with van der Waals surface area (Å²) in [4.78, 5) is 63.7. The summed E-state index contributed by atoms with van der Waals surface area (Å²) in [6.45, 7) is 0.334. The molecule has 0 unspecified atom stereocenters. The van der Waals surface area contributed by atoms with Crippen LogP contribution in [-0.2, 0) is 24.0 Å². The average Bonchev–Trinajstić information content (AvgIpc) is 3.07. The van der Waals surface area contributed by atoms with Crippen molar-refractivity contribution in [2.75, 3.05) is 18.8 Å². The molecule has 1 fully saturated rings. The number of carbonyl (C=O) groups excluding carboxylic acids is 5. The molecule has 2 rings (SSSR count). The second kappa shape index (κ2) is 13.7. The third-order valence-corrected chi connectivity index (χ3v) is 6.48. The topological polar surface area (TPSA) is 122 Å². The molecule has 4 amide bonds. The van der Waals surface area contributed by atoms with Crippen LogP contribution in [0.5, 0.6) is 0 Å². The van der Waals surface area contributed by atoms with E-state index in [0.29, 0.717) is 30.9 Å². The number of rotatable bonds is 13. The molecule has 2 N–H and O–H groups in total. The summed E-state index contributed by atoms with van der Waals surface area (Å²) in [6.07, 6.45) is 1.29. The van der Waals surface area contributed by atoms with Gasteiger partial charge >= 0.3 is 12.0 Å². The van der Waals surface area contributed by atoms with Crippen molar-refractivity contribution in [1.82, 2.24) is 15.7 Å². The van der Waals surface area contributed by atoms with Gasteiger partial charge in [-0.05, 0) is 18.6 Å². The number of ketones is 1. The maximum Gasteiger partial charge on any atom is 0.334 e. The fourth-order valence-corrected chi connectivity index (χ4v) is 4.54. The Morgan fingerprint density at radius 2 is 1.61 bits per heavy atom. The summed E-state index contributed by atoms with van der Waals surface area (Å²) >= 11 is 0. The number of hydrogen-bond donors (Lipinski definition) is 2. The van der Waals surface area contributed by atoms with Crippen LogP contribution in [0, 0.1) is 0 Å². The fourth-order valence-electron chi connectivity index (χ4n) is 2.50. The lowest BCUT2D eigenvalue weighted by molar-refractivity contribution is -0.197. The van der Waals surface area contributed by atoms with Crippen molar-refractivity contribution in [1.29, 1.82) is 0 Å². The second-order valence-corrected chi connectivity index (χ2v) is 9.08. The number of nitrogens with one attached hydrogen (secondary N) is 2. The van der Waals surface area contributed by atoms with E-state index >= 15 is 0 Å². The van der Waals surface area contributed by atoms with Crippen LogP contribution in [0.3, 0.4) is 0 Å². The van der Waals surface area contributed by atoms with Crippen LogP contribution in [0.4, 0.5) is 4.79 Å². The van der Waals surface area contributed by atoms with Crippen LogP contribution in [0.1, 0.15) is 38.5 Å². The number of imide groups is 1. The maximum absolute atomic E-state index is 11.9. The molecule has 0 atom stereocenters. The zero-order valence-electron chi connectivity index (χ0n) is 17.0. The number of nitrogens with zero attached hydrogens (tertiary/aromatic N) is 1. The highest BCUT2D eigenvalue weighted by atomic mass is 33.1. The molecule has 0 spiro atoms. The third-order valence-electron chi connectivity index (χ3n) is 4.09. The van der Waals surface area contributed by atoms with Gasteiger partial charge in [0.1, 0.15) is 5.78 Å². The van der Waals surface area contributed by atoms with Crippen molar-refractivity contribution in [3.63, 3.8) is 0 Å². The molecule has 168 valence electrons. The highest BCUT2D eigenvalue weighted by molar-refractivity contribution is 8.76. The average molecular weight is 468 g/mol. The maximum atomic E-state index is 11.9. The van der Waals surface area contributed by atoms with E-state index < -0.39 is 23.8 Å². The minimum Gasteiger partial charge on any atom is -0.338 e. The molecule has 0 bridgehead atoms.